The Morgan fingerprint density at radius 3 is 2.29 bits per heavy atom. The van der Waals surface area contributed by atoms with E-state index in [1.165, 1.54) is 0 Å². The van der Waals surface area contributed by atoms with Crippen molar-refractivity contribution in [3.8, 4) is 0 Å². The number of aromatic carboxylic acids is 1. The molecule has 0 saturated carbocycles. The first kappa shape index (κ1) is 14.3. The van der Waals surface area contributed by atoms with Crippen molar-refractivity contribution in [2.45, 2.75) is 6.92 Å². The summed E-state index contributed by atoms with van der Waals surface area (Å²) in [5.74, 6) is -3.08. The Morgan fingerprint density at radius 2 is 1.71 bits per heavy atom. The summed E-state index contributed by atoms with van der Waals surface area (Å²) in [6.45, 7) is 1.90. The molecular formula is C13H12N4O4. The van der Waals surface area contributed by atoms with E-state index in [-0.39, 0.29) is 11.5 Å². The molecule has 8 nitrogen and oxygen atoms in total. The van der Waals surface area contributed by atoms with Crippen LogP contribution in [0.4, 0.5) is 11.5 Å². The fourth-order valence-electron chi connectivity index (χ4n) is 1.49. The first-order valence-electron chi connectivity index (χ1n) is 5.93. The number of anilines is 2. The standard InChI is InChI=1S/C13H12N4O4/c1-7-2-4-8(5-3-7)14-11(18)12(19)15-10-6-9(13(20)21)16-17-10/h2-6H,1H3,(H,14,18)(H,20,21)(H2,15,16,17,19). The number of rotatable bonds is 3. The number of carbonyl (C=O) groups excluding carboxylic acids is 2. The normalized spacial score (nSPS) is 9.95. The monoisotopic (exact) mass is 288 g/mol. The number of nitrogens with one attached hydrogen (secondary N) is 3. The van der Waals surface area contributed by atoms with Crippen LogP contribution in [0.5, 0.6) is 0 Å². The van der Waals surface area contributed by atoms with Gasteiger partial charge in [0.2, 0.25) is 0 Å². The molecule has 2 aromatic rings. The SMILES string of the molecule is Cc1ccc(NC(=O)C(=O)Nc2cc(C(=O)O)[nH]n2)cc1. The predicted octanol–water partition coefficient (Wildman–Crippen LogP) is 0.994. The Bertz CT molecular complexity index is 690. The summed E-state index contributed by atoms with van der Waals surface area (Å²) in [4.78, 5) is 33.9. The zero-order chi connectivity index (χ0) is 15.4. The number of carbonyl (C=O) groups is 3. The van der Waals surface area contributed by atoms with Crippen molar-refractivity contribution in [3.63, 3.8) is 0 Å². The molecule has 21 heavy (non-hydrogen) atoms. The Morgan fingerprint density at radius 1 is 1.10 bits per heavy atom. The minimum Gasteiger partial charge on any atom is -0.477 e. The van der Waals surface area contributed by atoms with E-state index in [1.54, 1.807) is 24.3 Å². The van der Waals surface area contributed by atoms with Crippen LogP contribution in [0.3, 0.4) is 0 Å². The summed E-state index contributed by atoms with van der Waals surface area (Å²) in [6, 6.07) is 8.02. The Labute approximate surface area is 119 Å². The van der Waals surface area contributed by atoms with Crippen molar-refractivity contribution in [1.29, 1.82) is 0 Å². The number of aromatic amines is 1. The molecule has 0 saturated heterocycles. The molecule has 1 aromatic carbocycles. The third-order valence-electron chi connectivity index (χ3n) is 2.57. The molecule has 108 valence electrons. The number of aryl methyl sites for hydroxylation is 1. The van der Waals surface area contributed by atoms with Gasteiger partial charge in [0.25, 0.3) is 0 Å². The van der Waals surface area contributed by atoms with Gasteiger partial charge in [-0.15, -0.1) is 0 Å². The largest absolute Gasteiger partial charge is 0.477 e. The highest BCUT2D eigenvalue weighted by Crippen LogP contribution is 2.09. The van der Waals surface area contributed by atoms with E-state index in [4.69, 9.17) is 5.11 Å². The molecule has 0 fully saturated rings. The van der Waals surface area contributed by atoms with Gasteiger partial charge >= 0.3 is 17.8 Å². The second kappa shape index (κ2) is 5.87. The van der Waals surface area contributed by atoms with Crippen molar-refractivity contribution in [1.82, 2.24) is 10.2 Å². The van der Waals surface area contributed by atoms with E-state index in [1.807, 2.05) is 6.92 Å². The van der Waals surface area contributed by atoms with E-state index in [9.17, 15) is 14.4 Å². The van der Waals surface area contributed by atoms with Crippen LogP contribution < -0.4 is 10.6 Å². The van der Waals surface area contributed by atoms with Crippen molar-refractivity contribution in [3.05, 3.63) is 41.6 Å². The minimum absolute atomic E-state index is 0.0449. The van der Waals surface area contributed by atoms with Gasteiger partial charge in [0, 0.05) is 11.8 Å². The number of amides is 2. The second-order valence-electron chi connectivity index (χ2n) is 4.25. The number of hydrogen-bond acceptors (Lipinski definition) is 4. The molecule has 0 aliphatic rings. The Hall–Kier alpha value is -3.16. The van der Waals surface area contributed by atoms with Crippen LogP contribution in [0.2, 0.25) is 0 Å². The van der Waals surface area contributed by atoms with Gasteiger partial charge in [-0.25, -0.2) is 4.79 Å². The fraction of sp³-hybridized carbons (Fsp3) is 0.0769. The summed E-state index contributed by atoms with van der Waals surface area (Å²) in [5.41, 5.74) is 1.31. The Balaban J connectivity index is 1.97. The van der Waals surface area contributed by atoms with Crippen LogP contribution in [0.25, 0.3) is 0 Å². The molecule has 0 atom stereocenters. The number of carboxylic acid groups (broad SMARTS) is 1. The number of benzene rings is 1. The first-order valence-corrected chi connectivity index (χ1v) is 5.93. The van der Waals surface area contributed by atoms with Crippen LogP contribution in [0.15, 0.2) is 30.3 Å². The first-order chi connectivity index (χ1) is 9.95. The van der Waals surface area contributed by atoms with E-state index in [0.717, 1.165) is 11.6 Å². The minimum atomic E-state index is -1.22. The predicted molar refractivity (Wildman–Crippen MR) is 74.0 cm³/mol. The quantitative estimate of drug-likeness (QED) is 0.627. The number of nitrogens with zero attached hydrogens (tertiary/aromatic N) is 1. The molecule has 0 unspecified atom stereocenters. The molecule has 1 aromatic heterocycles. The van der Waals surface area contributed by atoms with Crippen LogP contribution in [-0.2, 0) is 9.59 Å². The second-order valence-corrected chi connectivity index (χ2v) is 4.25. The highest BCUT2D eigenvalue weighted by atomic mass is 16.4. The van der Waals surface area contributed by atoms with Crippen molar-refractivity contribution in [2.24, 2.45) is 0 Å². The zero-order valence-electron chi connectivity index (χ0n) is 11.0. The van der Waals surface area contributed by atoms with E-state index in [2.05, 4.69) is 20.8 Å². The highest BCUT2D eigenvalue weighted by Gasteiger charge is 2.16. The van der Waals surface area contributed by atoms with E-state index < -0.39 is 17.8 Å². The van der Waals surface area contributed by atoms with Crippen LogP contribution in [0, 0.1) is 6.92 Å². The molecule has 2 rings (SSSR count). The summed E-state index contributed by atoms with van der Waals surface area (Å²) in [5, 5.41) is 19.1. The smallest absolute Gasteiger partial charge is 0.353 e. The number of aromatic nitrogens is 2. The molecule has 1 heterocycles. The van der Waals surface area contributed by atoms with E-state index in [0.29, 0.717) is 5.69 Å². The van der Waals surface area contributed by atoms with Gasteiger partial charge in [0.1, 0.15) is 5.69 Å². The number of H-pyrrole nitrogens is 1. The maximum atomic E-state index is 11.7. The molecule has 8 heteroatoms. The molecule has 0 spiro atoms. The molecule has 0 aliphatic carbocycles. The molecule has 0 radical (unpaired) electrons. The lowest BCUT2D eigenvalue weighted by molar-refractivity contribution is -0.133. The topological polar surface area (TPSA) is 124 Å². The lowest BCUT2D eigenvalue weighted by Crippen LogP contribution is -2.29. The molecule has 0 aliphatic heterocycles. The summed E-state index contributed by atoms with van der Waals surface area (Å²) in [6.07, 6.45) is 0. The molecule has 0 bridgehead atoms. The van der Waals surface area contributed by atoms with Gasteiger partial charge in [0.05, 0.1) is 0 Å². The van der Waals surface area contributed by atoms with Gasteiger partial charge < -0.3 is 15.7 Å². The number of hydrogen-bond donors (Lipinski definition) is 4. The highest BCUT2D eigenvalue weighted by molar-refractivity contribution is 6.43. The Kier molecular flexibility index (Phi) is 3.98. The average molecular weight is 288 g/mol. The van der Waals surface area contributed by atoms with Gasteiger partial charge in [-0.05, 0) is 19.1 Å². The summed E-state index contributed by atoms with van der Waals surface area (Å²) in [7, 11) is 0. The van der Waals surface area contributed by atoms with E-state index >= 15 is 0 Å². The van der Waals surface area contributed by atoms with Crippen LogP contribution >= 0.6 is 0 Å². The molecule has 4 N–H and O–H groups in total. The molecular weight excluding hydrogens is 276 g/mol. The number of carboxylic acids is 1. The van der Waals surface area contributed by atoms with Gasteiger partial charge in [-0.3, -0.25) is 14.7 Å². The van der Waals surface area contributed by atoms with Gasteiger partial charge in [-0.1, -0.05) is 17.7 Å². The third kappa shape index (κ3) is 3.66. The van der Waals surface area contributed by atoms with Crippen LogP contribution in [-0.4, -0.2) is 33.1 Å². The fourth-order valence-corrected chi connectivity index (χ4v) is 1.49. The van der Waals surface area contributed by atoms with Crippen molar-refractivity contribution in [2.75, 3.05) is 10.6 Å². The third-order valence-corrected chi connectivity index (χ3v) is 2.57. The molecule has 2 amide bonds. The van der Waals surface area contributed by atoms with Crippen molar-refractivity contribution >= 4 is 29.3 Å². The van der Waals surface area contributed by atoms with Gasteiger partial charge in [-0.2, -0.15) is 5.10 Å². The average Bonchev–Trinajstić information content (AvgIpc) is 2.90. The lowest BCUT2D eigenvalue weighted by Gasteiger charge is -2.04. The maximum Gasteiger partial charge on any atom is 0.353 e. The van der Waals surface area contributed by atoms with Crippen molar-refractivity contribution < 1.29 is 19.5 Å². The maximum absolute atomic E-state index is 11.7. The van der Waals surface area contributed by atoms with Gasteiger partial charge in [0.15, 0.2) is 5.82 Å². The summed E-state index contributed by atoms with van der Waals surface area (Å²) >= 11 is 0. The lowest BCUT2D eigenvalue weighted by atomic mass is 10.2. The zero-order valence-corrected chi connectivity index (χ0v) is 11.0. The summed E-state index contributed by atoms with van der Waals surface area (Å²) < 4.78 is 0. The van der Waals surface area contributed by atoms with Crippen LogP contribution in [0.1, 0.15) is 16.1 Å².